The van der Waals surface area contributed by atoms with E-state index in [9.17, 15) is 4.79 Å². The number of amides is 1. The molecule has 4 heteroatoms. The summed E-state index contributed by atoms with van der Waals surface area (Å²) >= 11 is 5.14. The van der Waals surface area contributed by atoms with Gasteiger partial charge in [-0.3, -0.25) is 4.79 Å². The Morgan fingerprint density at radius 1 is 1.14 bits per heavy atom. The first-order chi connectivity index (χ1) is 10.6. The number of benzene rings is 2. The van der Waals surface area contributed by atoms with Crippen LogP contribution in [0.3, 0.4) is 0 Å². The highest BCUT2D eigenvalue weighted by molar-refractivity contribution is 9.10. The van der Waals surface area contributed by atoms with E-state index in [4.69, 9.17) is 0 Å². The number of rotatable bonds is 6. The third-order valence-corrected chi connectivity index (χ3v) is 5.06. The quantitative estimate of drug-likeness (QED) is 0.725. The molecule has 0 fully saturated rings. The van der Waals surface area contributed by atoms with Gasteiger partial charge in [0.25, 0.3) is 0 Å². The van der Waals surface area contributed by atoms with E-state index >= 15 is 0 Å². The van der Waals surface area contributed by atoms with Gasteiger partial charge in [0.1, 0.15) is 0 Å². The zero-order valence-electron chi connectivity index (χ0n) is 12.8. The molecule has 2 rings (SSSR count). The highest BCUT2D eigenvalue weighted by Crippen LogP contribution is 2.21. The van der Waals surface area contributed by atoms with Crippen molar-refractivity contribution in [1.29, 1.82) is 0 Å². The first kappa shape index (κ1) is 17.1. The van der Waals surface area contributed by atoms with Gasteiger partial charge in [0.05, 0.1) is 5.75 Å². The first-order valence-corrected chi connectivity index (χ1v) is 9.22. The van der Waals surface area contributed by atoms with Gasteiger partial charge in [-0.15, -0.1) is 11.8 Å². The molecule has 0 spiro atoms. The van der Waals surface area contributed by atoms with Gasteiger partial charge in [0.15, 0.2) is 0 Å². The van der Waals surface area contributed by atoms with Crippen LogP contribution in [0.1, 0.15) is 30.9 Å². The maximum absolute atomic E-state index is 12.0. The predicted molar refractivity (Wildman–Crippen MR) is 99.5 cm³/mol. The smallest absolute Gasteiger partial charge is 0.234 e. The van der Waals surface area contributed by atoms with Crippen LogP contribution >= 0.6 is 27.7 Å². The molecular weight excluding hydrogens is 358 g/mol. The van der Waals surface area contributed by atoms with Crippen LogP contribution in [0.4, 0.5) is 5.69 Å². The number of carbonyl (C=O) groups is 1. The van der Waals surface area contributed by atoms with Crippen LogP contribution in [0.5, 0.6) is 0 Å². The minimum Gasteiger partial charge on any atom is -0.325 e. The molecule has 0 radical (unpaired) electrons. The number of nitrogens with one attached hydrogen (secondary N) is 1. The van der Waals surface area contributed by atoms with E-state index in [2.05, 4.69) is 53.3 Å². The summed E-state index contributed by atoms with van der Waals surface area (Å²) in [5.41, 5.74) is 3.35. The topological polar surface area (TPSA) is 29.1 Å². The van der Waals surface area contributed by atoms with Crippen LogP contribution in [0.25, 0.3) is 0 Å². The van der Waals surface area contributed by atoms with E-state index in [-0.39, 0.29) is 5.91 Å². The summed E-state index contributed by atoms with van der Waals surface area (Å²) < 4.78 is 1.09. The Hall–Kier alpha value is -1.26. The van der Waals surface area contributed by atoms with Crippen molar-refractivity contribution >= 4 is 39.3 Å². The summed E-state index contributed by atoms with van der Waals surface area (Å²) in [4.78, 5) is 12.0. The maximum Gasteiger partial charge on any atom is 0.234 e. The summed E-state index contributed by atoms with van der Waals surface area (Å²) in [5.74, 6) is 1.81. The van der Waals surface area contributed by atoms with E-state index in [0.29, 0.717) is 11.7 Å². The Morgan fingerprint density at radius 3 is 2.45 bits per heavy atom. The van der Waals surface area contributed by atoms with E-state index < -0.39 is 0 Å². The van der Waals surface area contributed by atoms with Crippen molar-refractivity contribution in [2.24, 2.45) is 0 Å². The molecule has 0 aliphatic carbocycles. The fraction of sp³-hybridized carbons (Fsp3) is 0.278. The number of hydrogen-bond donors (Lipinski definition) is 1. The molecule has 0 unspecified atom stereocenters. The lowest BCUT2D eigenvalue weighted by atomic mass is 10.0. The van der Waals surface area contributed by atoms with Gasteiger partial charge < -0.3 is 5.32 Å². The van der Waals surface area contributed by atoms with Crippen molar-refractivity contribution in [2.75, 3.05) is 11.1 Å². The van der Waals surface area contributed by atoms with Gasteiger partial charge in [0.2, 0.25) is 5.91 Å². The van der Waals surface area contributed by atoms with Crippen molar-refractivity contribution in [1.82, 2.24) is 0 Å². The molecule has 2 nitrogen and oxygen atoms in total. The summed E-state index contributed by atoms with van der Waals surface area (Å²) in [6.07, 6.45) is 0. The molecule has 0 saturated carbocycles. The predicted octanol–water partition coefficient (Wildman–Crippen LogP) is 5.44. The number of halogens is 1. The monoisotopic (exact) mass is 377 g/mol. The van der Waals surface area contributed by atoms with Gasteiger partial charge >= 0.3 is 0 Å². The van der Waals surface area contributed by atoms with Crippen molar-refractivity contribution in [2.45, 2.75) is 25.5 Å². The zero-order chi connectivity index (χ0) is 15.9. The van der Waals surface area contributed by atoms with Gasteiger partial charge in [-0.1, -0.05) is 60.1 Å². The minimum absolute atomic E-state index is 0.0364. The van der Waals surface area contributed by atoms with E-state index in [1.165, 1.54) is 11.1 Å². The Balaban J connectivity index is 1.79. The van der Waals surface area contributed by atoms with Crippen LogP contribution in [-0.4, -0.2) is 11.7 Å². The Morgan fingerprint density at radius 2 is 1.82 bits per heavy atom. The average Bonchev–Trinajstić information content (AvgIpc) is 2.50. The zero-order valence-corrected chi connectivity index (χ0v) is 15.2. The van der Waals surface area contributed by atoms with Crippen LogP contribution in [0, 0.1) is 0 Å². The highest BCUT2D eigenvalue weighted by atomic mass is 79.9. The lowest BCUT2D eigenvalue weighted by molar-refractivity contribution is -0.113. The molecule has 0 bridgehead atoms. The van der Waals surface area contributed by atoms with Gasteiger partial charge in [0, 0.05) is 15.9 Å². The number of carbonyl (C=O) groups excluding carboxylic acids is 1. The number of thioether (sulfide) groups is 1. The van der Waals surface area contributed by atoms with Crippen LogP contribution < -0.4 is 5.32 Å². The van der Waals surface area contributed by atoms with Crippen LogP contribution in [-0.2, 0) is 10.5 Å². The molecular formula is C18H20BrNOS. The van der Waals surface area contributed by atoms with E-state index in [1.54, 1.807) is 11.8 Å². The second-order valence-electron chi connectivity index (χ2n) is 5.41. The molecule has 0 aromatic heterocycles. The van der Waals surface area contributed by atoms with E-state index in [1.807, 2.05) is 30.3 Å². The lowest BCUT2D eigenvalue weighted by Crippen LogP contribution is -2.14. The Bertz CT molecular complexity index is 625. The van der Waals surface area contributed by atoms with Crippen molar-refractivity contribution < 1.29 is 4.79 Å². The van der Waals surface area contributed by atoms with Crippen LogP contribution in [0.2, 0.25) is 0 Å². The fourth-order valence-electron chi connectivity index (χ4n) is 2.02. The normalized spacial score (nSPS) is 10.7. The Kier molecular flexibility index (Phi) is 6.52. The number of hydrogen-bond acceptors (Lipinski definition) is 2. The first-order valence-electron chi connectivity index (χ1n) is 7.27. The van der Waals surface area contributed by atoms with Gasteiger partial charge in [-0.25, -0.2) is 0 Å². The van der Waals surface area contributed by atoms with Crippen LogP contribution in [0.15, 0.2) is 53.0 Å². The average molecular weight is 378 g/mol. The molecule has 0 aliphatic heterocycles. The molecule has 0 aliphatic rings. The standard InChI is InChI=1S/C18H20BrNOS/c1-13(2)14-7-9-16(10-8-14)20-18(21)12-22-11-15-5-3-4-6-17(15)19/h3-10,13H,11-12H2,1-2H3,(H,20,21). The van der Waals surface area contributed by atoms with Crippen molar-refractivity contribution in [3.8, 4) is 0 Å². The molecule has 1 N–H and O–H groups in total. The molecule has 22 heavy (non-hydrogen) atoms. The molecule has 1 amide bonds. The summed E-state index contributed by atoms with van der Waals surface area (Å²) in [7, 11) is 0. The third kappa shape index (κ3) is 5.18. The second-order valence-corrected chi connectivity index (χ2v) is 7.25. The number of anilines is 1. The molecule has 0 saturated heterocycles. The molecule has 0 heterocycles. The SMILES string of the molecule is CC(C)c1ccc(NC(=O)CSCc2ccccc2Br)cc1. The lowest BCUT2D eigenvalue weighted by Gasteiger charge is -2.08. The van der Waals surface area contributed by atoms with Crippen molar-refractivity contribution in [3.05, 3.63) is 64.1 Å². The maximum atomic E-state index is 12.0. The third-order valence-electron chi connectivity index (χ3n) is 3.31. The summed E-state index contributed by atoms with van der Waals surface area (Å²) in [6.45, 7) is 4.32. The summed E-state index contributed by atoms with van der Waals surface area (Å²) in [6, 6.07) is 16.1. The Labute approximate surface area is 144 Å². The second kappa shape index (κ2) is 8.39. The molecule has 2 aromatic carbocycles. The highest BCUT2D eigenvalue weighted by Gasteiger charge is 2.05. The van der Waals surface area contributed by atoms with Gasteiger partial charge in [-0.2, -0.15) is 0 Å². The minimum atomic E-state index is 0.0364. The van der Waals surface area contributed by atoms with Gasteiger partial charge in [-0.05, 0) is 35.2 Å². The van der Waals surface area contributed by atoms with Crippen molar-refractivity contribution in [3.63, 3.8) is 0 Å². The van der Waals surface area contributed by atoms with E-state index in [0.717, 1.165) is 15.9 Å². The fourth-order valence-corrected chi connectivity index (χ4v) is 3.46. The molecule has 0 atom stereocenters. The summed E-state index contributed by atoms with van der Waals surface area (Å²) in [5, 5.41) is 2.94. The molecule has 116 valence electrons. The largest absolute Gasteiger partial charge is 0.325 e. The molecule has 2 aromatic rings.